The normalized spacial score (nSPS) is 14.6. The summed E-state index contributed by atoms with van der Waals surface area (Å²) in [6.45, 7) is 2.35. The number of allylic oxidation sites excluding steroid dienone is 6. The lowest BCUT2D eigenvalue weighted by Gasteiger charge is -2.16. The van der Waals surface area contributed by atoms with E-state index in [-0.39, 0.29) is 0 Å². The van der Waals surface area contributed by atoms with Crippen LogP contribution in [-0.4, -0.2) is 9.13 Å². The Morgan fingerprint density at radius 2 is 1.46 bits per heavy atom. The first-order valence-corrected chi connectivity index (χ1v) is 18.5. The number of fused-ring (bicyclic) bond motifs is 9. The number of hydrogen-bond donors (Lipinski definition) is 0. The molecule has 0 amide bonds. The van der Waals surface area contributed by atoms with Gasteiger partial charge in [0.15, 0.2) is 0 Å². The van der Waals surface area contributed by atoms with Crippen molar-refractivity contribution in [2.75, 3.05) is 0 Å². The molecule has 2 nitrogen and oxygen atoms in total. The summed E-state index contributed by atoms with van der Waals surface area (Å²) in [6.07, 6.45) is 19.1. The van der Waals surface area contributed by atoms with E-state index in [9.17, 15) is 0 Å². The highest BCUT2D eigenvalue weighted by atomic mass is 32.1. The van der Waals surface area contributed by atoms with Gasteiger partial charge in [-0.1, -0.05) is 115 Å². The van der Waals surface area contributed by atoms with Gasteiger partial charge in [-0.3, -0.25) is 0 Å². The second-order valence-corrected chi connectivity index (χ2v) is 14.7. The van der Waals surface area contributed by atoms with E-state index in [1.807, 2.05) is 11.3 Å². The quantitative estimate of drug-likeness (QED) is 0.151. The average Bonchev–Trinajstić information content (AvgIpc) is 3.97. The van der Waals surface area contributed by atoms with Gasteiger partial charge < -0.3 is 9.13 Å². The fraction of sp³-hybridized carbons (Fsp3) is 0.106. The van der Waals surface area contributed by atoms with Crippen molar-refractivity contribution >= 4 is 71.9 Å². The van der Waals surface area contributed by atoms with Crippen LogP contribution in [0.15, 0.2) is 146 Å². The van der Waals surface area contributed by atoms with Gasteiger partial charge in [-0.15, -0.1) is 11.3 Å². The molecule has 0 saturated carbocycles. The molecule has 1 unspecified atom stereocenters. The number of nitrogens with zero attached hydrogens (tertiary/aromatic N) is 2. The molecule has 0 bridgehead atoms. The largest absolute Gasteiger partial charge is 0.337 e. The zero-order valence-corrected chi connectivity index (χ0v) is 28.8. The predicted octanol–water partition coefficient (Wildman–Crippen LogP) is 11.3. The highest BCUT2D eigenvalue weighted by Gasteiger charge is 2.19. The maximum atomic E-state index is 2.55. The molecule has 0 N–H and O–H groups in total. The van der Waals surface area contributed by atoms with Crippen molar-refractivity contribution in [1.82, 2.24) is 9.13 Å². The number of rotatable bonds is 7. The van der Waals surface area contributed by atoms with Gasteiger partial charge in [0.25, 0.3) is 0 Å². The standard InChI is InChI=1S/C47H36N2S/c1-31(13-4-2-5-14-32-23-27-40-39-18-9-11-22-46(39)50-47(32)40)48-42-20-10-8-17-36(42)38-26-24-34(30-45(38)48)33-25-28-44-41(29-33)37-19-12-21-43(37)49(44)35-15-6-3-7-16-35/h2-11,14-26,28-31H,12-13,27H2,1H3/b4-2-,14-5?. The molecule has 10 rings (SSSR count). The lowest BCUT2D eigenvalue weighted by atomic mass is 10.0. The third kappa shape index (κ3) is 4.61. The van der Waals surface area contributed by atoms with Gasteiger partial charge in [-0.05, 0) is 96.3 Å². The van der Waals surface area contributed by atoms with Gasteiger partial charge in [0.05, 0.1) is 10.9 Å². The highest BCUT2D eigenvalue weighted by molar-refractivity contribution is 7.20. The zero-order valence-electron chi connectivity index (χ0n) is 28.0. The van der Waals surface area contributed by atoms with Crippen LogP contribution < -0.4 is 10.6 Å². The Hall–Kier alpha value is -5.64. The molecular formula is C47H36N2S. The topological polar surface area (TPSA) is 9.86 Å². The van der Waals surface area contributed by atoms with Crippen molar-refractivity contribution < 1.29 is 0 Å². The van der Waals surface area contributed by atoms with Gasteiger partial charge in [0.2, 0.25) is 0 Å². The first kappa shape index (κ1) is 29.3. The third-order valence-electron chi connectivity index (χ3n) is 10.7. The summed E-state index contributed by atoms with van der Waals surface area (Å²) in [6, 6.07) is 42.8. The summed E-state index contributed by atoms with van der Waals surface area (Å²) < 4.78 is 6.35. The van der Waals surface area contributed by atoms with Crippen LogP contribution in [0.1, 0.15) is 36.2 Å². The van der Waals surface area contributed by atoms with Crippen molar-refractivity contribution in [2.24, 2.45) is 0 Å². The van der Waals surface area contributed by atoms with Crippen LogP contribution in [0.5, 0.6) is 0 Å². The molecular weight excluding hydrogens is 625 g/mol. The third-order valence-corrected chi connectivity index (χ3v) is 11.9. The summed E-state index contributed by atoms with van der Waals surface area (Å²) in [4.78, 5) is 1.43. The Morgan fingerprint density at radius 1 is 0.680 bits per heavy atom. The second-order valence-electron chi connectivity index (χ2n) is 13.6. The van der Waals surface area contributed by atoms with E-state index < -0.39 is 0 Å². The summed E-state index contributed by atoms with van der Waals surface area (Å²) in [5.41, 5.74) is 10.4. The number of hydrogen-bond acceptors (Lipinski definition) is 1. The van der Waals surface area contributed by atoms with Crippen molar-refractivity contribution in [3.05, 3.63) is 167 Å². The van der Waals surface area contributed by atoms with E-state index in [2.05, 4.69) is 174 Å². The molecule has 2 aliphatic carbocycles. The Balaban J connectivity index is 0.976. The number of thiophene rings is 1. The van der Waals surface area contributed by atoms with E-state index in [1.54, 1.807) is 0 Å². The van der Waals surface area contributed by atoms with E-state index >= 15 is 0 Å². The molecule has 5 aromatic carbocycles. The van der Waals surface area contributed by atoms with Crippen LogP contribution in [0.3, 0.4) is 0 Å². The number of aromatic nitrogens is 2. The van der Waals surface area contributed by atoms with Crippen molar-refractivity contribution in [3.63, 3.8) is 0 Å². The van der Waals surface area contributed by atoms with Crippen LogP contribution >= 0.6 is 11.3 Å². The zero-order chi connectivity index (χ0) is 33.2. The van der Waals surface area contributed by atoms with Gasteiger partial charge in [0, 0.05) is 53.7 Å². The first-order chi connectivity index (χ1) is 24.7. The molecule has 0 spiro atoms. The average molecular weight is 661 g/mol. The summed E-state index contributed by atoms with van der Waals surface area (Å²) >= 11 is 1.92. The molecule has 0 saturated heterocycles. The van der Waals surface area contributed by atoms with E-state index in [4.69, 9.17) is 0 Å². The molecule has 0 aliphatic heterocycles. The van der Waals surface area contributed by atoms with Crippen LogP contribution in [0.4, 0.5) is 0 Å². The van der Waals surface area contributed by atoms with Crippen molar-refractivity contribution in [3.8, 4) is 16.8 Å². The lowest BCUT2D eigenvalue weighted by Crippen LogP contribution is -2.25. The van der Waals surface area contributed by atoms with Crippen LogP contribution in [0, 0.1) is 0 Å². The Bertz CT molecular complexity index is 2850. The van der Waals surface area contributed by atoms with Crippen molar-refractivity contribution in [1.29, 1.82) is 0 Å². The molecule has 3 aromatic heterocycles. The van der Waals surface area contributed by atoms with Gasteiger partial charge in [-0.2, -0.15) is 0 Å². The highest BCUT2D eigenvalue weighted by Crippen LogP contribution is 2.41. The van der Waals surface area contributed by atoms with Crippen LogP contribution in [0.2, 0.25) is 0 Å². The smallest absolute Gasteiger partial charge is 0.0541 e. The second kappa shape index (κ2) is 11.8. The Morgan fingerprint density at radius 3 is 2.38 bits per heavy atom. The maximum Gasteiger partial charge on any atom is 0.0541 e. The van der Waals surface area contributed by atoms with Crippen LogP contribution in [0.25, 0.3) is 77.3 Å². The molecule has 0 fully saturated rings. The van der Waals surface area contributed by atoms with Crippen molar-refractivity contribution in [2.45, 2.75) is 32.2 Å². The Labute approximate surface area is 295 Å². The van der Waals surface area contributed by atoms with E-state index in [0.29, 0.717) is 6.04 Å². The predicted molar refractivity (Wildman–Crippen MR) is 216 cm³/mol. The van der Waals surface area contributed by atoms with Gasteiger partial charge in [-0.25, -0.2) is 0 Å². The lowest BCUT2D eigenvalue weighted by molar-refractivity contribution is 0.590. The fourth-order valence-corrected chi connectivity index (χ4v) is 9.58. The molecule has 3 heteroatoms. The molecule has 8 aromatic rings. The number of para-hydroxylation sites is 2. The van der Waals surface area contributed by atoms with E-state index in [1.165, 1.54) is 86.2 Å². The minimum atomic E-state index is 0.299. The van der Waals surface area contributed by atoms with Gasteiger partial charge >= 0.3 is 0 Å². The summed E-state index contributed by atoms with van der Waals surface area (Å²) in [7, 11) is 0. The van der Waals surface area contributed by atoms with Gasteiger partial charge in [0.1, 0.15) is 0 Å². The molecule has 1 atom stereocenters. The SMILES string of the molecule is CC(C/C=C\C=CC1=CCc2c1sc1ccccc21)n1c2ccccc2c2ccc(-c3ccc4c(c3)c3c(n4-c4ccccc4)=CCC=3)cc21. The minimum Gasteiger partial charge on any atom is -0.337 e. The molecule has 2 aliphatic rings. The molecule has 240 valence electrons. The number of benzene rings is 5. The van der Waals surface area contributed by atoms with E-state index in [0.717, 1.165) is 19.3 Å². The molecule has 50 heavy (non-hydrogen) atoms. The minimum absolute atomic E-state index is 0.299. The Kier molecular flexibility index (Phi) is 6.89. The molecule has 0 radical (unpaired) electrons. The maximum absolute atomic E-state index is 2.55. The fourth-order valence-electron chi connectivity index (χ4n) is 8.33. The first-order valence-electron chi connectivity index (χ1n) is 17.7. The summed E-state index contributed by atoms with van der Waals surface area (Å²) in [5.74, 6) is 0. The monoisotopic (exact) mass is 660 g/mol. The summed E-state index contributed by atoms with van der Waals surface area (Å²) in [5, 5.41) is 8.01. The van der Waals surface area contributed by atoms with Crippen LogP contribution in [-0.2, 0) is 6.42 Å². The molecule has 3 heterocycles.